The molecule has 2 N–H and O–H groups in total. The fourth-order valence-corrected chi connectivity index (χ4v) is 2.05. The molecule has 4 nitrogen and oxygen atoms in total. The zero-order valence-corrected chi connectivity index (χ0v) is 10.9. The van der Waals surface area contributed by atoms with Crippen molar-refractivity contribution < 1.29 is 4.42 Å². The van der Waals surface area contributed by atoms with Crippen molar-refractivity contribution in [2.24, 2.45) is 0 Å². The smallest absolute Gasteiger partial charge is 0.165 e. The number of aromatic nitrogens is 2. The van der Waals surface area contributed by atoms with Crippen molar-refractivity contribution in [3.63, 3.8) is 0 Å². The number of rotatable bonds is 2. The maximum absolute atomic E-state index is 5.87. The summed E-state index contributed by atoms with van der Waals surface area (Å²) in [6.45, 7) is 4.16. The van der Waals surface area contributed by atoms with Gasteiger partial charge in [-0.15, -0.1) is 0 Å². The molecule has 0 aliphatic heterocycles. The summed E-state index contributed by atoms with van der Waals surface area (Å²) in [5, 5.41) is 1.00. The van der Waals surface area contributed by atoms with Crippen LogP contribution in [-0.2, 0) is 0 Å². The second-order valence-electron chi connectivity index (χ2n) is 4.84. The van der Waals surface area contributed by atoms with Crippen LogP contribution in [0.5, 0.6) is 0 Å². The molecule has 0 bridgehead atoms. The molecule has 1 aromatic carbocycles. The summed E-state index contributed by atoms with van der Waals surface area (Å²) in [6, 6.07) is 9.65. The molecule has 3 rings (SSSR count). The topological polar surface area (TPSA) is 64.9 Å². The van der Waals surface area contributed by atoms with Crippen LogP contribution in [0.2, 0.25) is 0 Å². The Bertz CT molecular complexity index is 731. The third-order valence-corrected chi connectivity index (χ3v) is 3.08. The number of nitrogens with zero attached hydrogens (tertiary/aromatic N) is 2. The van der Waals surface area contributed by atoms with Gasteiger partial charge in [-0.3, -0.25) is 0 Å². The highest BCUT2D eigenvalue weighted by Crippen LogP contribution is 2.29. The molecule has 4 heteroatoms. The number of nitrogen functional groups attached to an aromatic ring is 1. The third-order valence-electron chi connectivity index (χ3n) is 3.08. The lowest BCUT2D eigenvalue weighted by Gasteiger charge is -2.07. The van der Waals surface area contributed by atoms with Crippen molar-refractivity contribution in [2.75, 3.05) is 5.73 Å². The van der Waals surface area contributed by atoms with Gasteiger partial charge < -0.3 is 10.2 Å². The summed E-state index contributed by atoms with van der Waals surface area (Å²) in [6.07, 6.45) is 1.68. The quantitative estimate of drug-likeness (QED) is 0.757. The van der Waals surface area contributed by atoms with Gasteiger partial charge in [0.2, 0.25) is 0 Å². The largest absolute Gasteiger partial charge is 0.464 e. The van der Waals surface area contributed by atoms with Crippen molar-refractivity contribution in [3.8, 4) is 11.4 Å². The number of hydrogen-bond donors (Lipinski definition) is 1. The average Bonchev–Trinajstić information content (AvgIpc) is 2.81. The van der Waals surface area contributed by atoms with Crippen LogP contribution in [0.3, 0.4) is 0 Å². The molecule has 0 spiro atoms. The first-order valence-corrected chi connectivity index (χ1v) is 6.26. The lowest BCUT2D eigenvalue weighted by molar-refractivity contribution is 0.616. The van der Waals surface area contributed by atoms with Crippen molar-refractivity contribution in [1.82, 2.24) is 9.97 Å². The van der Waals surface area contributed by atoms with E-state index in [9.17, 15) is 0 Å². The van der Waals surface area contributed by atoms with Crippen LogP contribution < -0.4 is 5.73 Å². The first kappa shape index (κ1) is 11.7. The van der Waals surface area contributed by atoms with E-state index < -0.39 is 0 Å². The monoisotopic (exact) mass is 253 g/mol. The van der Waals surface area contributed by atoms with Gasteiger partial charge in [0.15, 0.2) is 5.82 Å². The van der Waals surface area contributed by atoms with Gasteiger partial charge in [-0.1, -0.05) is 32.0 Å². The van der Waals surface area contributed by atoms with Crippen LogP contribution in [0.1, 0.15) is 25.5 Å². The molecule has 0 saturated heterocycles. The maximum atomic E-state index is 5.87. The van der Waals surface area contributed by atoms with Crippen molar-refractivity contribution in [3.05, 3.63) is 42.3 Å². The van der Waals surface area contributed by atoms with E-state index in [0.717, 1.165) is 22.2 Å². The van der Waals surface area contributed by atoms with E-state index in [-0.39, 0.29) is 0 Å². The standard InChI is InChI=1S/C15H15N3O/c1-9(2)12-7-14(16)18-15(17-12)11-8-19-13-6-4-3-5-10(11)13/h3-9H,1-2H3,(H2,16,17,18). The molecule has 0 fully saturated rings. The fraction of sp³-hybridized carbons (Fsp3) is 0.200. The Hall–Kier alpha value is -2.36. The number of fused-ring (bicyclic) bond motifs is 1. The van der Waals surface area contributed by atoms with Gasteiger partial charge in [-0.2, -0.15) is 0 Å². The third kappa shape index (κ3) is 2.05. The Morgan fingerprint density at radius 2 is 1.95 bits per heavy atom. The highest BCUT2D eigenvalue weighted by Gasteiger charge is 2.13. The number of nitrogens with two attached hydrogens (primary N) is 1. The number of anilines is 1. The summed E-state index contributed by atoms with van der Waals surface area (Å²) in [4.78, 5) is 8.89. The highest BCUT2D eigenvalue weighted by molar-refractivity contribution is 5.92. The Balaban J connectivity index is 2.21. The van der Waals surface area contributed by atoms with Gasteiger partial charge in [0.1, 0.15) is 17.7 Å². The molecular weight excluding hydrogens is 238 g/mol. The normalized spacial score (nSPS) is 11.3. The summed E-state index contributed by atoms with van der Waals surface area (Å²) in [5.74, 6) is 1.41. The van der Waals surface area contributed by atoms with Gasteiger partial charge >= 0.3 is 0 Å². The van der Waals surface area contributed by atoms with Crippen LogP contribution in [0.4, 0.5) is 5.82 Å². The van der Waals surface area contributed by atoms with Gasteiger partial charge in [0.05, 0.1) is 5.56 Å². The minimum Gasteiger partial charge on any atom is -0.464 e. The lowest BCUT2D eigenvalue weighted by Crippen LogP contribution is -2.01. The Morgan fingerprint density at radius 3 is 2.74 bits per heavy atom. The highest BCUT2D eigenvalue weighted by atomic mass is 16.3. The van der Waals surface area contributed by atoms with Gasteiger partial charge in [-0.05, 0) is 12.0 Å². The zero-order chi connectivity index (χ0) is 13.4. The minimum absolute atomic E-state index is 0.308. The molecule has 0 aliphatic carbocycles. The molecule has 0 atom stereocenters. The van der Waals surface area contributed by atoms with Crippen molar-refractivity contribution in [2.45, 2.75) is 19.8 Å². The Morgan fingerprint density at radius 1 is 1.16 bits per heavy atom. The van der Waals surface area contributed by atoms with Crippen LogP contribution in [-0.4, -0.2) is 9.97 Å². The average molecular weight is 253 g/mol. The molecule has 0 amide bonds. The Kier molecular flexibility index (Phi) is 2.71. The van der Waals surface area contributed by atoms with Crippen LogP contribution in [0, 0.1) is 0 Å². The first-order valence-electron chi connectivity index (χ1n) is 6.26. The molecule has 19 heavy (non-hydrogen) atoms. The maximum Gasteiger partial charge on any atom is 0.165 e. The van der Waals surface area contributed by atoms with E-state index in [2.05, 4.69) is 23.8 Å². The summed E-state index contributed by atoms with van der Waals surface area (Å²) in [5.41, 5.74) is 8.51. The molecular formula is C15H15N3O. The molecule has 0 aliphatic rings. The second kappa shape index (κ2) is 4.39. The van der Waals surface area contributed by atoms with Crippen LogP contribution >= 0.6 is 0 Å². The molecule has 2 aromatic heterocycles. The second-order valence-corrected chi connectivity index (χ2v) is 4.84. The van der Waals surface area contributed by atoms with E-state index in [1.807, 2.05) is 30.3 Å². The number of para-hydroxylation sites is 1. The van der Waals surface area contributed by atoms with Crippen LogP contribution in [0.15, 0.2) is 41.0 Å². The molecule has 0 unspecified atom stereocenters. The fourth-order valence-electron chi connectivity index (χ4n) is 2.05. The predicted molar refractivity (Wildman–Crippen MR) is 75.7 cm³/mol. The van der Waals surface area contributed by atoms with Gasteiger partial charge in [0.25, 0.3) is 0 Å². The zero-order valence-electron chi connectivity index (χ0n) is 10.9. The summed E-state index contributed by atoms with van der Waals surface area (Å²) in [7, 11) is 0. The first-order chi connectivity index (χ1) is 9.15. The predicted octanol–water partition coefficient (Wildman–Crippen LogP) is 3.60. The van der Waals surface area contributed by atoms with E-state index in [4.69, 9.17) is 10.2 Å². The molecule has 96 valence electrons. The molecule has 0 radical (unpaired) electrons. The van der Waals surface area contributed by atoms with Gasteiger partial charge in [0, 0.05) is 17.1 Å². The van der Waals surface area contributed by atoms with Crippen molar-refractivity contribution in [1.29, 1.82) is 0 Å². The SMILES string of the molecule is CC(C)c1cc(N)nc(-c2coc3ccccc23)n1. The number of furan rings is 1. The molecule has 2 heterocycles. The lowest BCUT2D eigenvalue weighted by atomic mass is 10.1. The van der Waals surface area contributed by atoms with Crippen molar-refractivity contribution >= 4 is 16.8 Å². The Labute approximate surface area is 111 Å². The van der Waals surface area contributed by atoms with Gasteiger partial charge in [-0.25, -0.2) is 9.97 Å². The van der Waals surface area contributed by atoms with Crippen LogP contribution in [0.25, 0.3) is 22.4 Å². The van der Waals surface area contributed by atoms with E-state index in [1.54, 1.807) is 6.26 Å². The number of hydrogen-bond acceptors (Lipinski definition) is 4. The number of benzene rings is 1. The van der Waals surface area contributed by atoms with E-state index in [1.165, 1.54) is 0 Å². The minimum atomic E-state index is 0.308. The summed E-state index contributed by atoms with van der Waals surface area (Å²) < 4.78 is 5.52. The molecule has 3 aromatic rings. The molecule has 0 saturated carbocycles. The summed E-state index contributed by atoms with van der Waals surface area (Å²) >= 11 is 0. The van der Waals surface area contributed by atoms with E-state index in [0.29, 0.717) is 17.6 Å². The van der Waals surface area contributed by atoms with E-state index >= 15 is 0 Å².